The van der Waals surface area contributed by atoms with Gasteiger partial charge in [0.05, 0.1) is 0 Å². The maximum atomic E-state index is 11.1. The number of anilines is 1. The van der Waals surface area contributed by atoms with Gasteiger partial charge in [0, 0.05) is 19.0 Å². The molecule has 0 radical (unpaired) electrons. The van der Waals surface area contributed by atoms with Crippen LogP contribution in [0.15, 0.2) is 17.2 Å². The Morgan fingerprint density at radius 2 is 2.53 bits per heavy atom. The maximum Gasteiger partial charge on any atom is 0.348 e. The molecular formula is C9H9N5O. The Balaban J connectivity index is 2.24. The monoisotopic (exact) mass is 203 g/mol. The minimum atomic E-state index is -0.298. The van der Waals surface area contributed by atoms with Gasteiger partial charge in [-0.15, -0.1) is 12.3 Å². The Bertz CT molecular complexity index is 562. The zero-order valence-corrected chi connectivity index (χ0v) is 7.90. The Morgan fingerprint density at radius 3 is 3.33 bits per heavy atom. The molecule has 0 spiro atoms. The average Bonchev–Trinajstić information content (AvgIpc) is 2.61. The van der Waals surface area contributed by atoms with Gasteiger partial charge in [-0.05, 0) is 0 Å². The number of H-pyrrole nitrogens is 1. The highest BCUT2D eigenvalue weighted by atomic mass is 16.1. The quantitative estimate of drug-likeness (QED) is 0.537. The third-order valence-electron chi connectivity index (χ3n) is 1.89. The van der Waals surface area contributed by atoms with Crippen LogP contribution in [0.5, 0.6) is 0 Å². The number of rotatable bonds is 3. The molecule has 2 aromatic heterocycles. The molecule has 0 saturated heterocycles. The maximum absolute atomic E-state index is 11.1. The first-order valence-corrected chi connectivity index (χ1v) is 4.41. The average molecular weight is 203 g/mol. The van der Waals surface area contributed by atoms with Crippen molar-refractivity contribution >= 4 is 11.5 Å². The lowest BCUT2D eigenvalue weighted by atomic mass is 10.4. The summed E-state index contributed by atoms with van der Waals surface area (Å²) in [6, 6.07) is 1.68. The molecule has 76 valence electrons. The molecule has 2 aromatic rings. The molecule has 0 amide bonds. The van der Waals surface area contributed by atoms with E-state index in [1.807, 2.05) is 0 Å². The highest BCUT2D eigenvalue weighted by molar-refractivity contribution is 5.48. The molecule has 0 fully saturated rings. The van der Waals surface area contributed by atoms with E-state index in [0.29, 0.717) is 24.4 Å². The fourth-order valence-electron chi connectivity index (χ4n) is 1.17. The van der Waals surface area contributed by atoms with E-state index in [1.165, 1.54) is 10.7 Å². The number of hydrogen-bond acceptors (Lipinski definition) is 4. The number of terminal acetylenes is 1. The van der Waals surface area contributed by atoms with E-state index in [-0.39, 0.29) is 5.69 Å². The molecule has 15 heavy (non-hydrogen) atoms. The zero-order valence-electron chi connectivity index (χ0n) is 7.90. The molecule has 2 heterocycles. The van der Waals surface area contributed by atoms with Crippen molar-refractivity contribution in [3.05, 3.63) is 22.9 Å². The number of aromatic amines is 1. The van der Waals surface area contributed by atoms with Gasteiger partial charge in [0.1, 0.15) is 12.1 Å². The predicted octanol–water partition coefficient (Wildman–Crippen LogP) is -0.147. The molecular weight excluding hydrogens is 194 g/mol. The predicted molar refractivity (Wildman–Crippen MR) is 55.5 cm³/mol. The van der Waals surface area contributed by atoms with Gasteiger partial charge in [0.25, 0.3) is 0 Å². The summed E-state index contributed by atoms with van der Waals surface area (Å²) in [5.41, 5.74) is 0.228. The molecule has 2 rings (SSSR count). The Hall–Kier alpha value is -2.29. The van der Waals surface area contributed by atoms with Gasteiger partial charge in [-0.2, -0.15) is 5.10 Å². The van der Waals surface area contributed by atoms with Crippen molar-refractivity contribution in [3.63, 3.8) is 0 Å². The van der Waals surface area contributed by atoms with E-state index >= 15 is 0 Å². The van der Waals surface area contributed by atoms with Crippen LogP contribution in [0.3, 0.4) is 0 Å². The smallest absolute Gasteiger partial charge is 0.348 e. The van der Waals surface area contributed by atoms with Crippen LogP contribution in [0.1, 0.15) is 6.42 Å². The largest absolute Gasteiger partial charge is 0.369 e. The molecule has 0 aliphatic carbocycles. The molecule has 0 saturated carbocycles. The lowest BCUT2D eigenvalue weighted by molar-refractivity contribution is 0.988. The van der Waals surface area contributed by atoms with Gasteiger partial charge in [-0.25, -0.2) is 19.3 Å². The van der Waals surface area contributed by atoms with Crippen molar-refractivity contribution in [1.29, 1.82) is 0 Å². The first kappa shape index (κ1) is 9.27. The molecule has 0 bridgehead atoms. The van der Waals surface area contributed by atoms with Gasteiger partial charge in [0.15, 0.2) is 5.65 Å². The standard InChI is InChI=1S/C9H9N5O/c1-2-3-4-10-7-5-8-12-13-9(15)14(8)6-11-7/h1,5-6,10H,3-4H2,(H,13,15). The van der Waals surface area contributed by atoms with Gasteiger partial charge in [-0.1, -0.05) is 0 Å². The van der Waals surface area contributed by atoms with E-state index in [2.05, 4.69) is 26.4 Å². The van der Waals surface area contributed by atoms with Crippen LogP contribution < -0.4 is 11.0 Å². The van der Waals surface area contributed by atoms with Crippen molar-refractivity contribution in [2.75, 3.05) is 11.9 Å². The molecule has 0 aliphatic heterocycles. The van der Waals surface area contributed by atoms with Gasteiger partial charge >= 0.3 is 5.69 Å². The van der Waals surface area contributed by atoms with Crippen molar-refractivity contribution in [1.82, 2.24) is 19.6 Å². The van der Waals surface area contributed by atoms with Crippen LogP contribution in [0.2, 0.25) is 0 Å². The number of nitrogens with zero attached hydrogens (tertiary/aromatic N) is 3. The summed E-state index contributed by atoms with van der Waals surface area (Å²) >= 11 is 0. The minimum Gasteiger partial charge on any atom is -0.369 e. The zero-order chi connectivity index (χ0) is 10.7. The molecule has 0 unspecified atom stereocenters. The second kappa shape index (κ2) is 3.84. The second-order valence-corrected chi connectivity index (χ2v) is 2.91. The lowest BCUT2D eigenvalue weighted by Crippen LogP contribution is -2.10. The van der Waals surface area contributed by atoms with Crippen molar-refractivity contribution in [2.24, 2.45) is 0 Å². The first-order valence-electron chi connectivity index (χ1n) is 4.41. The van der Waals surface area contributed by atoms with E-state index in [9.17, 15) is 4.79 Å². The molecule has 6 nitrogen and oxygen atoms in total. The van der Waals surface area contributed by atoms with Gasteiger partial charge in [0.2, 0.25) is 0 Å². The fraction of sp³-hybridized carbons (Fsp3) is 0.222. The van der Waals surface area contributed by atoms with Gasteiger partial charge in [-0.3, -0.25) is 0 Å². The highest BCUT2D eigenvalue weighted by Crippen LogP contribution is 2.03. The summed E-state index contributed by atoms with van der Waals surface area (Å²) in [5.74, 6) is 3.16. The van der Waals surface area contributed by atoms with Crippen LogP contribution in [0.25, 0.3) is 5.65 Å². The normalized spacial score (nSPS) is 10.1. The van der Waals surface area contributed by atoms with E-state index in [0.717, 1.165) is 0 Å². The lowest BCUT2D eigenvalue weighted by Gasteiger charge is -2.01. The molecule has 6 heteroatoms. The van der Waals surface area contributed by atoms with Crippen LogP contribution >= 0.6 is 0 Å². The van der Waals surface area contributed by atoms with E-state index in [1.54, 1.807) is 6.07 Å². The Morgan fingerprint density at radius 1 is 1.67 bits per heavy atom. The number of hydrogen-bond donors (Lipinski definition) is 2. The third kappa shape index (κ3) is 1.81. The number of fused-ring (bicyclic) bond motifs is 1. The topological polar surface area (TPSA) is 75.1 Å². The molecule has 0 aliphatic rings. The first-order chi connectivity index (χ1) is 7.31. The number of aromatic nitrogens is 4. The van der Waals surface area contributed by atoms with Gasteiger partial charge < -0.3 is 5.32 Å². The van der Waals surface area contributed by atoms with Crippen molar-refractivity contribution in [2.45, 2.75) is 6.42 Å². The fourth-order valence-corrected chi connectivity index (χ4v) is 1.17. The summed E-state index contributed by atoms with van der Waals surface area (Å²) in [6.07, 6.45) is 7.15. The van der Waals surface area contributed by atoms with Crippen LogP contribution in [0, 0.1) is 12.3 Å². The van der Waals surface area contributed by atoms with E-state index < -0.39 is 0 Å². The van der Waals surface area contributed by atoms with Crippen LogP contribution in [0.4, 0.5) is 5.82 Å². The summed E-state index contributed by atoms with van der Waals surface area (Å²) in [5, 5.41) is 9.16. The minimum absolute atomic E-state index is 0.298. The van der Waals surface area contributed by atoms with Crippen LogP contribution in [-0.4, -0.2) is 26.1 Å². The summed E-state index contributed by atoms with van der Waals surface area (Å²) in [4.78, 5) is 15.1. The second-order valence-electron chi connectivity index (χ2n) is 2.91. The SMILES string of the molecule is C#CCCNc1cc2n[nH]c(=O)n2cn1. The third-order valence-corrected chi connectivity index (χ3v) is 1.89. The van der Waals surface area contributed by atoms with Crippen molar-refractivity contribution < 1.29 is 0 Å². The Labute approximate surface area is 85.3 Å². The molecule has 0 aromatic carbocycles. The van der Waals surface area contributed by atoms with Crippen molar-refractivity contribution in [3.8, 4) is 12.3 Å². The molecule has 2 N–H and O–H groups in total. The van der Waals surface area contributed by atoms with E-state index in [4.69, 9.17) is 6.42 Å². The number of nitrogens with one attached hydrogen (secondary N) is 2. The summed E-state index contributed by atoms with van der Waals surface area (Å²) in [7, 11) is 0. The summed E-state index contributed by atoms with van der Waals surface area (Å²) in [6.45, 7) is 0.647. The van der Waals surface area contributed by atoms with Crippen LogP contribution in [-0.2, 0) is 0 Å². The Kier molecular flexibility index (Phi) is 2.37. The highest BCUT2D eigenvalue weighted by Gasteiger charge is 2.00. The molecule has 0 atom stereocenters. The summed E-state index contributed by atoms with van der Waals surface area (Å²) < 4.78 is 1.33.